The SMILES string of the molecule is CCCC/C=C\C/C=C\CCCCCCCC(=O)OC[C@H](COP(=O)(O)OC1C(O)C(O)C(O)[C@@H](O)C1O)OC(=O)CCC/C=C\C/C=C\C/C=C\C/C=C\CCCCC. The van der Waals surface area contributed by atoms with Crippen LogP contribution in [0.2, 0.25) is 0 Å². The van der Waals surface area contributed by atoms with Gasteiger partial charge in [-0.2, -0.15) is 0 Å². The van der Waals surface area contributed by atoms with Gasteiger partial charge >= 0.3 is 19.8 Å². The Bertz CT molecular complexity index is 1330. The first-order chi connectivity index (χ1) is 28.9. The fourth-order valence-electron chi connectivity index (χ4n) is 6.12. The molecule has 1 saturated carbocycles. The number of phosphoric acid groups is 1. The van der Waals surface area contributed by atoms with Crippen LogP contribution < -0.4 is 0 Å². The molecule has 0 spiro atoms. The Morgan fingerprint density at radius 2 is 0.933 bits per heavy atom. The molecule has 1 aliphatic carbocycles. The zero-order valence-corrected chi connectivity index (χ0v) is 37.1. The molecule has 344 valence electrons. The van der Waals surface area contributed by atoms with Gasteiger partial charge in [-0.25, -0.2) is 4.57 Å². The molecule has 0 saturated heterocycles. The number of hydrogen-bond donors (Lipinski definition) is 6. The van der Waals surface area contributed by atoms with Crippen molar-refractivity contribution in [2.45, 2.75) is 191 Å². The zero-order valence-electron chi connectivity index (χ0n) is 36.2. The molecule has 1 fully saturated rings. The quantitative estimate of drug-likeness (QED) is 0.0153. The lowest BCUT2D eigenvalue weighted by Gasteiger charge is -2.41. The lowest BCUT2D eigenvalue weighted by molar-refractivity contribution is -0.220. The molecule has 60 heavy (non-hydrogen) atoms. The average molecular weight is 869 g/mol. The standard InChI is InChI=1S/C46H77O13P/c1-3-5-7-9-11-13-15-17-19-20-21-23-25-27-29-31-33-35-40(48)58-38(37-57-60(54,55)59-46-44(52)42(50)41(49)43(51)45(46)53)36-56-39(47)34-32-30-28-26-24-22-18-16-14-12-10-8-6-4-2/h10-13,16-19,21,23,27,29,38,41-46,49-53H,3-9,14-15,20,22,24-26,28,30-37H2,1-2H3,(H,54,55)/b12-10-,13-11-,18-16-,19-17-,23-21-,29-27-/t38-,41?,42-,43?,44?,45?,46?/m1/s1. The molecule has 13 nitrogen and oxygen atoms in total. The van der Waals surface area contributed by atoms with Crippen molar-refractivity contribution in [3.8, 4) is 0 Å². The maximum atomic E-state index is 12.8. The summed E-state index contributed by atoms with van der Waals surface area (Å²) in [6.45, 7) is 3.15. The third-order valence-electron chi connectivity index (χ3n) is 9.77. The predicted octanol–water partition coefficient (Wildman–Crippen LogP) is 8.33. The summed E-state index contributed by atoms with van der Waals surface area (Å²) in [7, 11) is -5.14. The van der Waals surface area contributed by atoms with Crippen molar-refractivity contribution in [1.82, 2.24) is 0 Å². The number of rotatable bonds is 35. The number of allylic oxidation sites excluding steroid dienone is 12. The van der Waals surface area contributed by atoms with Crippen molar-refractivity contribution in [1.29, 1.82) is 0 Å². The molecule has 8 atom stereocenters. The second-order valence-corrected chi connectivity index (χ2v) is 16.6. The van der Waals surface area contributed by atoms with Crippen LogP contribution >= 0.6 is 7.82 Å². The van der Waals surface area contributed by atoms with Crippen molar-refractivity contribution < 1.29 is 63.1 Å². The number of ether oxygens (including phenoxy) is 2. The van der Waals surface area contributed by atoms with Crippen LogP contribution in [-0.4, -0.2) is 98.3 Å². The molecule has 6 unspecified atom stereocenters. The highest BCUT2D eigenvalue weighted by Crippen LogP contribution is 2.47. The fraction of sp³-hybridized carbons (Fsp3) is 0.696. The molecule has 6 N–H and O–H groups in total. The lowest BCUT2D eigenvalue weighted by Crippen LogP contribution is -2.64. The van der Waals surface area contributed by atoms with Crippen molar-refractivity contribution in [3.05, 3.63) is 72.9 Å². The third-order valence-corrected chi connectivity index (χ3v) is 10.8. The molecule has 14 heteroatoms. The van der Waals surface area contributed by atoms with Crippen LogP contribution in [0, 0.1) is 0 Å². The van der Waals surface area contributed by atoms with Crippen LogP contribution in [0.4, 0.5) is 0 Å². The van der Waals surface area contributed by atoms with Gasteiger partial charge in [0.1, 0.15) is 43.2 Å². The van der Waals surface area contributed by atoms with E-state index in [0.717, 1.165) is 70.6 Å². The Morgan fingerprint density at radius 1 is 0.517 bits per heavy atom. The summed E-state index contributed by atoms with van der Waals surface area (Å²) in [5.41, 5.74) is 0. The summed E-state index contributed by atoms with van der Waals surface area (Å²) in [4.78, 5) is 35.6. The molecule has 0 heterocycles. The lowest BCUT2D eigenvalue weighted by atomic mass is 9.85. The number of phosphoric ester groups is 1. The van der Waals surface area contributed by atoms with E-state index in [1.54, 1.807) is 0 Å². The minimum Gasteiger partial charge on any atom is -0.462 e. The molecule has 0 bridgehead atoms. The van der Waals surface area contributed by atoms with E-state index >= 15 is 0 Å². The number of aliphatic hydroxyl groups excluding tert-OH is 5. The van der Waals surface area contributed by atoms with Crippen LogP contribution in [0.1, 0.15) is 149 Å². The topological polar surface area (TPSA) is 210 Å². The normalized spacial score (nSPS) is 22.9. The van der Waals surface area contributed by atoms with Crippen molar-refractivity contribution in [2.75, 3.05) is 13.2 Å². The number of unbranched alkanes of at least 4 members (excludes halogenated alkanes) is 11. The minimum atomic E-state index is -5.14. The van der Waals surface area contributed by atoms with Gasteiger partial charge in [-0.3, -0.25) is 18.6 Å². The number of hydrogen-bond acceptors (Lipinski definition) is 12. The van der Waals surface area contributed by atoms with Gasteiger partial charge in [0, 0.05) is 12.8 Å². The van der Waals surface area contributed by atoms with Crippen LogP contribution in [0.15, 0.2) is 72.9 Å². The smallest absolute Gasteiger partial charge is 0.462 e. The van der Waals surface area contributed by atoms with E-state index in [0.29, 0.717) is 19.3 Å². The summed E-state index contributed by atoms with van der Waals surface area (Å²) in [5, 5.41) is 50.1. The van der Waals surface area contributed by atoms with Gasteiger partial charge in [-0.1, -0.05) is 132 Å². The highest BCUT2D eigenvalue weighted by atomic mass is 31.2. The molecule has 1 aliphatic rings. The van der Waals surface area contributed by atoms with Gasteiger partial charge in [0.05, 0.1) is 6.61 Å². The van der Waals surface area contributed by atoms with Crippen LogP contribution in [0.3, 0.4) is 0 Å². The summed E-state index contributed by atoms with van der Waals surface area (Å²) in [6, 6.07) is 0. The molecule has 1 rings (SSSR count). The number of esters is 2. The van der Waals surface area contributed by atoms with E-state index < -0.39 is 75.7 Å². The highest BCUT2D eigenvalue weighted by Gasteiger charge is 2.51. The van der Waals surface area contributed by atoms with E-state index in [2.05, 4.69) is 74.6 Å². The first-order valence-electron chi connectivity index (χ1n) is 22.2. The van der Waals surface area contributed by atoms with E-state index in [1.165, 1.54) is 32.1 Å². The maximum Gasteiger partial charge on any atom is 0.472 e. The largest absolute Gasteiger partial charge is 0.472 e. The van der Waals surface area contributed by atoms with E-state index in [4.69, 9.17) is 18.5 Å². The van der Waals surface area contributed by atoms with Crippen molar-refractivity contribution in [2.24, 2.45) is 0 Å². The molecule has 0 amide bonds. The van der Waals surface area contributed by atoms with Crippen molar-refractivity contribution >= 4 is 19.8 Å². The van der Waals surface area contributed by atoms with Crippen molar-refractivity contribution in [3.63, 3.8) is 0 Å². The highest BCUT2D eigenvalue weighted by molar-refractivity contribution is 7.47. The number of carbonyl (C=O) groups is 2. The zero-order chi connectivity index (χ0) is 44.3. The minimum absolute atomic E-state index is 0.0141. The third kappa shape index (κ3) is 28.0. The molecule has 0 radical (unpaired) electrons. The molecule has 0 aromatic heterocycles. The van der Waals surface area contributed by atoms with E-state index in [9.17, 15) is 44.6 Å². The van der Waals surface area contributed by atoms with Crippen LogP contribution in [-0.2, 0) is 32.7 Å². The molecule has 0 aliphatic heterocycles. The van der Waals surface area contributed by atoms with Gasteiger partial charge < -0.3 is 39.9 Å². The van der Waals surface area contributed by atoms with Gasteiger partial charge in [0.25, 0.3) is 0 Å². The molecular weight excluding hydrogens is 791 g/mol. The van der Waals surface area contributed by atoms with Crippen LogP contribution in [0.5, 0.6) is 0 Å². The predicted molar refractivity (Wildman–Crippen MR) is 235 cm³/mol. The Kier molecular flexibility index (Phi) is 33.0. The average Bonchev–Trinajstić information content (AvgIpc) is 3.23. The van der Waals surface area contributed by atoms with E-state index in [-0.39, 0.29) is 12.8 Å². The molecular formula is C46H77O13P. The number of carbonyl (C=O) groups excluding carboxylic acids is 2. The first kappa shape index (κ1) is 55.3. The summed E-state index contributed by atoms with van der Waals surface area (Å²) in [5.74, 6) is -1.19. The van der Waals surface area contributed by atoms with Gasteiger partial charge in [0.2, 0.25) is 0 Å². The number of aliphatic hydroxyl groups is 5. The Morgan fingerprint density at radius 3 is 1.47 bits per heavy atom. The monoisotopic (exact) mass is 869 g/mol. The van der Waals surface area contributed by atoms with Gasteiger partial charge in [-0.15, -0.1) is 0 Å². The Hall–Kier alpha value is -2.71. The maximum absolute atomic E-state index is 12.8. The molecule has 0 aromatic rings. The summed E-state index contributed by atoms with van der Waals surface area (Å²) >= 11 is 0. The second-order valence-electron chi connectivity index (χ2n) is 15.2. The molecule has 0 aromatic carbocycles. The summed E-state index contributed by atoms with van der Waals surface area (Å²) in [6.07, 6.45) is 31.0. The second kappa shape index (κ2) is 35.8. The van der Waals surface area contributed by atoms with E-state index in [1.807, 2.05) is 12.2 Å². The fourth-order valence-corrected chi connectivity index (χ4v) is 7.09. The van der Waals surface area contributed by atoms with Crippen LogP contribution in [0.25, 0.3) is 0 Å². The Labute approximate surface area is 359 Å². The van der Waals surface area contributed by atoms with Gasteiger partial charge in [-0.05, 0) is 77.0 Å². The Balaban J connectivity index is 2.55. The van der Waals surface area contributed by atoms with Gasteiger partial charge in [0.15, 0.2) is 6.10 Å². The summed E-state index contributed by atoms with van der Waals surface area (Å²) < 4.78 is 33.4. The first-order valence-corrected chi connectivity index (χ1v) is 23.7.